The van der Waals surface area contributed by atoms with Crippen LogP contribution in [0.5, 0.6) is 0 Å². The fourth-order valence-electron chi connectivity index (χ4n) is 3.82. The zero-order valence-corrected chi connectivity index (χ0v) is 15.0. The molecule has 1 aromatic heterocycles. The molecular formula is C18H27N5O2. The molecule has 25 heavy (non-hydrogen) atoms. The van der Waals surface area contributed by atoms with Crippen molar-refractivity contribution in [1.29, 1.82) is 0 Å². The molecule has 7 heteroatoms. The topological polar surface area (TPSA) is 78.4 Å². The third-order valence-corrected chi connectivity index (χ3v) is 5.27. The quantitative estimate of drug-likeness (QED) is 0.872. The van der Waals surface area contributed by atoms with Crippen LogP contribution >= 0.6 is 0 Å². The fourth-order valence-corrected chi connectivity index (χ4v) is 3.82. The molecule has 2 aliphatic rings. The van der Waals surface area contributed by atoms with Crippen molar-refractivity contribution < 1.29 is 9.59 Å². The molecular weight excluding hydrogens is 318 g/mol. The molecule has 0 saturated carbocycles. The second-order valence-corrected chi connectivity index (χ2v) is 7.13. The average molecular weight is 345 g/mol. The van der Waals surface area contributed by atoms with E-state index in [-0.39, 0.29) is 30.3 Å². The molecule has 0 radical (unpaired) electrons. The number of piperidine rings is 1. The summed E-state index contributed by atoms with van der Waals surface area (Å²) in [5, 5.41) is 2.89. The number of nitrogens with zero attached hydrogens (tertiary/aromatic N) is 4. The van der Waals surface area contributed by atoms with E-state index in [1.54, 1.807) is 12.5 Å². The fraction of sp³-hybridized carbons (Fsp3) is 0.667. The monoisotopic (exact) mass is 345 g/mol. The number of rotatable bonds is 4. The molecule has 0 aromatic carbocycles. The predicted molar refractivity (Wildman–Crippen MR) is 93.8 cm³/mol. The minimum Gasteiger partial charge on any atom is -0.353 e. The summed E-state index contributed by atoms with van der Waals surface area (Å²) in [6.45, 7) is 7.06. The van der Waals surface area contributed by atoms with Gasteiger partial charge in [0, 0.05) is 50.0 Å². The van der Waals surface area contributed by atoms with E-state index < -0.39 is 0 Å². The van der Waals surface area contributed by atoms with Crippen molar-refractivity contribution in [2.45, 2.75) is 51.1 Å². The lowest BCUT2D eigenvalue weighted by Crippen LogP contribution is -2.58. The number of nitrogens with one attached hydrogen (secondary N) is 1. The third-order valence-electron chi connectivity index (χ3n) is 5.27. The molecule has 0 spiro atoms. The number of carbonyl (C=O) groups excluding carboxylic acids is 2. The highest BCUT2D eigenvalue weighted by molar-refractivity contribution is 5.89. The molecule has 2 aliphatic heterocycles. The van der Waals surface area contributed by atoms with Crippen LogP contribution in [0.3, 0.4) is 0 Å². The summed E-state index contributed by atoms with van der Waals surface area (Å²) >= 11 is 0. The first-order chi connectivity index (χ1) is 12.1. The molecule has 1 aromatic rings. The van der Waals surface area contributed by atoms with Crippen molar-refractivity contribution in [3.05, 3.63) is 24.3 Å². The van der Waals surface area contributed by atoms with Crippen LogP contribution in [0.4, 0.5) is 0 Å². The minimum absolute atomic E-state index is 0.0239. The first-order valence-corrected chi connectivity index (χ1v) is 9.13. The van der Waals surface area contributed by atoms with Crippen LogP contribution in [0.25, 0.3) is 0 Å². The van der Waals surface area contributed by atoms with Gasteiger partial charge in [0.2, 0.25) is 11.8 Å². The van der Waals surface area contributed by atoms with Gasteiger partial charge in [-0.3, -0.25) is 14.5 Å². The number of hydrogen-bond acceptors (Lipinski definition) is 5. The standard InChI is InChI=1S/C18H27N5O2/c1-13(2)23-10-7-20-18(25)16(23)11-17(24)22-8-4-14(5-9-22)15-3-6-19-12-21-15/h3,6,12-14,16H,4-5,7-11H2,1-2H3,(H,20,25)/t16-/m0/s1. The van der Waals surface area contributed by atoms with E-state index in [4.69, 9.17) is 0 Å². The Kier molecular flexibility index (Phi) is 5.63. The number of hydrogen-bond donors (Lipinski definition) is 1. The lowest BCUT2D eigenvalue weighted by atomic mass is 9.93. The predicted octanol–water partition coefficient (Wildman–Crippen LogP) is 0.782. The smallest absolute Gasteiger partial charge is 0.237 e. The Balaban J connectivity index is 1.56. The Bertz CT molecular complexity index is 599. The summed E-state index contributed by atoms with van der Waals surface area (Å²) in [5.74, 6) is 0.440. The van der Waals surface area contributed by atoms with E-state index >= 15 is 0 Å². The lowest BCUT2D eigenvalue weighted by molar-refractivity contribution is -0.140. The van der Waals surface area contributed by atoms with Crippen LogP contribution in [-0.2, 0) is 9.59 Å². The van der Waals surface area contributed by atoms with E-state index in [2.05, 4.69) is 34.0 Å². The van der Waals surface area contributed by atoms with Gasteiger partial charge in [0.05, 0.1) is 12.5 Å². The van der Waals surface area contributed by atoms with E-state index in [9.17, 15) is 9.59 Å². The zero-order valence-electron chi connectivity index (χ0n) is 15.0. The van der Waals surface area contributed by atoms with Crippen LogP contribution < -0.4 is 5.32 Å². The molecule has 0 unspecified atom stereocenters. The maximum atomic E-state index is 12.7. The van der Waals surface area contributed by atoms with Crippen molar-refractivity contribution in [3.63, 3.8) is 0 Å². The largest absolute Gasteiger partial charge is 0.353 e. The number of carbonyl (C=O) groups is 2. The Hall–Kier alpha value is -2.02. The Morgan fingerprint density at radius 1 is 1.32 bits per heavy atom. The van der Waals surface area contributed by atoms with Crippen molar-refractivity contribution in [1.82, 2.24) is 25.1 Å². The summed E-state index contributed by atoms with van der Waals surface area (Å²) in [4.78, 5) is 37.3. The molecule has 2 fully saturated rings. The van der Waals surface area contributed by atoms with Crippen LogP contribution in [0, 0.1) is 0 Å². The van der Waals surface area contributed by atoms with Gasteiger partial charge in [0.1, 0.15) is 6.33 Å². The van der Waals surface area contributed by atoms with Crippen molar-refractivity contribution in [2.75, 3.05) is 26.2 Å². The van der Waals surface area contributed by atoms with Crippen molar-refractivity contribution >= 4 is 11.8 Å². The molecule has 7 nitrogen and oxygen atoms in total. The van der Waals surface area contributed by atoms with Gasteiger partial charge in [0.15, 0.2) is 0 Å². The molecule has 3 heterocycles. The third kappa shape index (κ3) is 4.15. The van der Waals surface area contributed by atoms with Crippen LogP contribution in [0.1, 0.15) is 44.7 Å². The molecule has 2 amide bonds. The van der Waals surface area contributed by atoms with Gasteiger partial charge in [-0.1, -0.05) is 0 Å². The molecule has 2 saturated heterocycles. The summed E-state index contributed by atoms with van der Waals surface area (Å²) < 4.78 is 0. The normalized spacial score (nSPS) is 22.9. The number of amides is 2. The van der Waals surface area contributed by atoms with Gasteiger partial charge in [-0.25, -0.2) is 9.97 Å². The second kappa shape index (κ2) is 7.91. The second-order valence-electron chi connectivity index (χ2n) is 7.13. The van der Waals surface area contributed by atoms with Gasteiger partial charge < -0.3 is 10.2 Å². The minimum atomic E-state index is -0.346. The van der Waals surface area contributed by atoms with E-state index in [0.29, 0.717) is 12.5 Å². The lowest BCUT2D eigenvalue weighted by Gasteiger charge is -2.39. The van der Waals surface area contributed by atoms with Crippen molar-refractivity contribution in [2.24, 2.45) is 0 Å². The first kappa shape index (κ1) is 17.8. The van der Waals surface area contributed by atoms with E-state index in [1.807, 2.05) is 11.0 Å². The SMILES string of the molecule is CC(C)N1CCNC(=O)[C@@H]1CC(=O)N1CCC(c2ccncn2)CC1. The highest BCUT2D eigenvalue weighted by atomic mass is 16.2. The summed E-state index contributed by atoms with van der Waals surface area (Å²) in [5.41, 5.74) is 1.06. The summed E-state index contributed by atoms with van der Waals surface area (Å²) in [6, 6.07) is 1.86. The molecule has 136 valence electrons. The van der Waals surface area contributed by atoms with Gasteiger partial charge in [-0.05, 0) is 32.8 Å². The Morgan fingerprint density at radius 2 is 2.08 bits per heavy atom. The van der Waals surface area contributed by atoms with Crippen LogP contribution in [0.2, 0.25) is 0 Å². The Morgan fingerprint density at radius 3 is 2.72 bits per heavy atom. The zero-order chi connectivity index (χ0) is 17.8. The van der Waals surface area contributed by atoms with Crippen LogP contribution in [0.15, 0.2) is 18.6 Å². The van der Waals surface area contributed by atoms with Gasteiger partial charge in [0.25, 0.3) is 0 Å². The molecule has 1 N–H and O–H groups in total. The van der Waals surface area contributed by atoms with E-state index in [0.717, 1.165) is 38.2 Å². The van der Waals surface area contributed by atoms with Gasteiger partial charge in [-0.2, -0.15) is 0 Å². The average Bonchev–Trinajstić information content (AvgIpc) is 2.64. The highest BCUT2D eigenvalue weighted by Crippen LogP contribution is 2.27. The highest BCUT2D eigenvalue weighted by Gasteiger charge is 2.35. The van der Waals surface area contributed by atoms with Crippen LogP contribution in [-0.4, -0.2) is 69.8 Å². The maximum absolute atomic E-state index is 12.7. The molecule has 0 aliphatic carbocycles. The molecule has 1 atom stereocenters. The molecule has 0 bridgehead atoms. The number of piperazine rings is 1. The van der Waals surface area contributed by atoms with Gasteiger partial charge >= 0.3 is 0 Å². The number of aromatic nitrogens is 2. The summed E-state index contributed by atoms with van der Waals surface area (Å²) in [6.07, 6.45) is 5.43. The van der Waals surface area contributed by atoms with Crippen molar-refractivity contribution in [3.8, 4) is 0 Å². The Labute approximate surface area is 148 Å². The van der Waals surface area contributed by atoms with Gasteiger partial charge in [-0.15, -0.1) is 0 Å². The maximum Gasteiger partial charge on any atom is 0.237 e. The first-order valence-electron chi connectivity index (χ1n) is 9.13. The molecule has 3 rings (SSSR count). The van der Waals surface area contributed by atoms with E-state index in [1.165, 1.54) is 0 Å². The summed E-state index contributed by atoms with van der Waals surface area (Å²) in [7, 11) is 0. The number of likely N-dealkylation sites (tertiary alicyclic amines) is 1.